The molecule has 1 unspecified atom stereocenters. The van der Waals surface area contributed by atoms with Crippen molar-refractivity contribution in [3.05, 3.63) is 47.5 Å². The molecule has 2 rings (SSSR count). The number of esters is 1. The lowest BCUT2D eigenvalue weighted by Crippen LogP contribution is -2.24. The van der Waals surface area contributed by atoms with Gasteiger partial charge in [-0.2, -0.15) is 0 Å². The third-order valence-electron chi connectivity index (χ3n) is 5.27. The monoisotopic (exact) mass is 374 g/mol. The molecule has 1 N–H and O–H groups in total. The van der Waals surface area contributed by atoms with Crippen LogP contribution in [-0.2, 0) is 20.7 Å². The van der Waals surface area contributed by atoms with Crippen molar-refractivity contribution < 1.29 is 19.4 Å². The van der Waals surface area contributed by atoms with Crippen LogP contribution in [0.3, 0.4) is 0 Å². The van der Waals surface area contributed by atoms with Crippen LogP contribution in [0.25, 0.3) is 0 Å². The van der Waals surface area contributed by atoms with E-state index >= 15 is 0 Å². The Morgan fingerprint density at radius 2 is 1.89 bits per heavy atom. The molecule has 1 fully saturated rings. The van der Waals surface area contributed by atoms with Gasteiger partial charge in [0.1, 0.15) is 6.10 Å². The van der Waals surface area contributed by atoms with Crippen LogP contribution < -0.4 is 0 Å². The molecule has 0 aliphatic heterocycles. The minimum Gasteiger partial charge on any atom is -0.456 e. The summed E-state index contributed by atoms with van der Waals surface area (Å²) in [5.41, 5.74) is 2.77. The summed E-state index contributed by atoms with van der Waals surface area (Å²) in [4.78, 5) is 11.6. The maximum atomic E-state index is 11.6. The smallest absolute Gasteiger partial charge is 0.333 e. The van der Waals surface area contributed by atoms with Gasteiger partial charge in [-0.25, -0.2) is 4.79 Å². The predicted molar refractivity (Wildman–Crippen MR) is 108 cm³/mol. The van der Waals surface area contributed by atoms with Gasteiger partial charge in [0.15, 0.2) is 0 Å². The van der Waals surface area contributed by atoms with E-state index in [1.165, 1.54) is 24.8 Å². The Bertz CT molecular complexity index is 585. The molecule has 4 heteroatoms. The highest BCUT2D eigenvalue weighted by Crippen LogP contribution is 2.34. The second-order valence-corrected chi connectivity index (χ2v) is 7.63. The molecule has 0 amide bonds. The number of carbonyl (C=O) groups is 1. The zero-order valence-electron chi connectivity index (χ0n) is 16.8. The van der Waals surface area contributed by atoms with Gasteiger partial charge in [-0.1, -0.05) is 44.2 Å². The summed E-state index contributed by atoms with van der Waals surface area (Å²) < 4.78 is 11.2. The highest BCUT2D eigenvalue weighted by molar-refractivity contribution is 5.87. The first-order valence-corrected chi connectivity index (χ1v) is 10.2. The molecule has 1 aliphatic rings. The Balaban J connectivity index is 1.83. The third-order valence-corrected chi connectivity index (χ3v) is 5.27. The van der Waals surface area contributed by atoms with Gasteiger partial charge >= 0.3 is 5.97 Å². The molecular weight excluding hydrogens is 340 g/mol. The van der Waals surface area contributed by atoms with Crippen LogP contribution in [-0.4, -0.2) is 36.5 Å². The van der Waals surface area contributed by atoms with Gasteiger partial charge in [0.25, 0.3) is 0 Å². The zero-order valence-corrected chi connectivity index (χ0v) is 16.8. The summed E-state index contributed by atoms with van der Waals surface area (Å²) in [7, 11) is 0. The average Bonchev–Trinajstić information content (AvgIpc) is 2.68. The molecular formula is C23H34O4. The first kappa shape index (κ1) is 21.6. The van der Waals surface area contributed by atoms with E-state index < -0.39 is 12.1 Å². The number of hydrogen-bond acceptors (Lipinski definition) is 4. The van der Waals surface area contributed by atoms with E-state index in [0.29, 0.717) is 24.0 Å². The number of benzene rings is 1. The molecule has 4 nitrogen and oxygen atoms in total. The minimum absolute atomic E-state index is 0.192. The van der Waals surface area contributed by atoms with Gasteiger partial charge in [0.05, 0.1) is 12.7 Å². The van der Waals surface area contributed by atoms with Gasteiger partial charge in [0, 0.05) is 18.6 Å². The molecule has 1 aliphatic carbocycles. The molecule has 150 valence electrons. The van der Waals surface area contributed by atoms with Crippen LogP contribution in [0.2, 0.25) is 0 Å². The lowest BCUT2D eigenvalue weighted by molar-refractivity contribution is -0.146. The van der Waals surface area contributed by atoms with Crippen LogP contribution in [0.4, 0.5) is 0 Å². The van der Waals surface area contributed by atoms with Crippen LogP contribution in [0, 0.1) is 0 Å². The van der Waals surface area contributed by atoms with E-state index in [-0.39, 0.29) is 6.61 Å². The van der Waals surface area contributed by atoms with Crippen LogP contribution in [0.15, 0.2) is 36.4 Å². The van der Waals surface area contributed by atoms with E-state index in [1.807, 2.05) is 0 Å². The summed E-state index contributed by atoms with van der Waals surface area (Å²) in [5, 5.41) is 9.46. The molecule has 0 saturated heterocycles. The fourth-order valence-corrected chi connectivity index (χ4v) is 3.54. The molecule has 1 atom stereocenters. The summed E-state index contributed by atoms with van der Waals surface area (Å²) >= 11 is 0. The largest absolute Gasteiger partial charge is 0.456 e. The summed E-state index contributed by atoms with van der Waals surface area (Å²) in [6.07, 6.45) is 7.36. The van der Waals surface area contributed by atoms with Crippen molar-refractivity contribution in [1.82, 2.24) is 0 Å². The van der Waals surface area contributed by atoms with Crippen LogP contribution in [0.5, 0.6) is 0 Å². The van der Waals surface area contributed by atoms with E-state index in [2.05, 4.69) is 37.8 Å². The molecule has 0 radical (unpaired) electrons. The lowest BCUT2D eigenvalue weighted by atomic mass is 9.82. The van der Waals surface area contributed by atoms with Crippen LogP contribution >= 0.6 is 0 Å². The van der Waals surface area contributed by atoms with Crippen molar-refractivity contribution in [2.24, 2.45) is 0 Å². The average molecular weight is 375 g/mol. The zero-order chi connectivity index (χ0) is 19.6. The van der Waals surface area contributed by atoms with Crippen LogP contribution in [0.1, 0.15) is 69.4 Å². The predicted octanol–water partition coefficient (Wildman–Crippen LogP) is 4.55. The quantitative estimate of drug-likeness (QED) is 0.371. The van der Waals surface area contributed by atoms with E-state index in [1.54, 1.807) is 6.92 Å². The molecule has 0 aromatic heterocycles. The number of ether oxygens (including phenoxy) is 2. The Labute approximate surface area is 163 Å². The first-order valence-electron chi connectivity index (χ1n) is 10.2. The highest BCUT2D eigenvalue weighted by atomic mass is 16.6. The number of aliphatic hydroxyl groups excluding tert-OH is 1. The third kappa shape index (κ3) is 7.11. The Kier molecular flexibility index (Phi) is 9.02. The fourth-order valence-electron chi connectivity index (χ4n) is 3.54. The topological polar surface area (TPSA) is 55.8 Å². The van der Waals surface area contributed by atoms with Crippen molar-refractivity contribution in [3.8, 4) is 0 Å². The van der Waals surface area contributed by atoms with E-state index in [9.17, 15) is 9.90 Å². The Hall–Kier alpha value is -1.65. The second kappa shape index (κ2) is 11.3. The van der Waals surface area contributed by atoms with Crippen molar-refractivity contribution in [2.45, 2.75) is 76.9 Å². The molecule has 1 saturated carbocycles. The molecule has 0 spiro atoms. The van der Waals surface area contributed by atoms with Gasteiger partial charge in [0.2, 0.25) is 0 Å². The second-order valence-electron chi connectivity index (χ2n) is 7.63. The van der Waals surface area contributed by atoms with Gasteiger partial charge < -0.3 is 14.6 Å². The minimum atomic E-state index is -0.532. The first-order chi connectivity index (χ1) is 13.0. The van der Waals surface area contributed by atoms with Crippen molar-refractivity contribution in [2.75, 3.05) is 13.2 Å². The maximum absolute atomic E-state index is 11.6. The molecule has 27 heavy (non-hydrogen) atoms. The van der Waals surface area contributed by atoms with E-state index in [0.717, 1.165) is 31.4 Å². The van der Waals surface area contributed by atoms with Crippen molar-refractivity contribution in [1.29, 1.82) is 0 Å². The summed E-state index contributed by atoms with van der Waals surface area (Å²) in [5.74, 6) is 0.142. The highest BCUT2D eigenvalue weighted by Gasteiger charge is 2.23. The number of hydrogen-bond donors (Lipinski definition) is 1. The molecule has 0 bridgehead atoms. The SMILES string of the molecule is C=C(C)C(=O)OC(CO)Cc1ccc(C2CCC(OCCCC)CC2)cc1. The molecule has 1 aromatic rings. The normalized spacial score (nSPS) is 20.9. The van der Waals surface area contributed by atoms with E-state index in [4.69, 9.17) is 9.47 Å². The molecule has 1 aromatic carbocycles. The van der Waals surface area contributed by atoms with Gasteiger partial charge in [-0.3, -0.25) is 0 Å². The lowest BCUT2D eigenvalue weighted by Gasteiger charge is -2.29. The van der Waals surface area contributed by atoms with Crippen molar-refractivity contribution in [3.63, 3.8) is 0 Å². The van der Waals surface area contributed by atoms with Crippen molar-refractivity contribution >= 4 is 5.97 Å². The fraction of sp³-hybridized carbons (Fsp3) is 0.609. The molecule has 0 heterocycles. The number of carbonyl (C=O) groups excluding carboxylic acids is 1. The summed E-state index contributed by atoms with van der Waals surface area (Å²) in [6, 6.07) is 8.51. The van der Waals surface area contributed by atoms with Gasteiger partial charge in [-0.05, 0) is 56.1 Å². The Morgan fingerprint density at radius 1 is 1.22 bits per heavy atom. The van der Waals surface area contributed by atoms with Gasteiger partial charge in [-0.15, -0.1) is 0 Å². The Morgan fingerprint density at radius 3 is 2.44 bits per heavy atom. The summed E-state index contributed by atoms with van der Waals surface area (Å²) in [6.45, 7) is 8.07. The standard InChI is InChI=1S/C23H34O4/c1-4-5-14-26-21-12-10-20(11-13-21)19-8-6-18(7-9-19)15-22(16-24)27-23(25)17(2)3/h6-9,20-22,24H,2,4-5,10-16H2,1,3H3. The number of rotatable bonds is 10. The maximum Gasteiger partial charge on any atom is 0.333 e. The number of aliphatic hydroxyl groups is 1. The number of unbranched alkanes of at least 4 members (excludes halogenated alkanes) is 1.